The Hall–Kier alpha value is -1.09. The molecule has 1 saturated carbocycles. The molecule has 1 N–H and O–H groups in total. The largest absolute Gasteiger partial charge is 0.379 e. The van der Waals surface area contributed by atoms with Crippen LogP contribution in [0.2, 0.25) is 0 Å². The zero-order valence-corrected chi connectivity index (χ0v) is 10.9. The van der Waals surface area contributed by atoms with Crippen LogP contribution >= 0.6 is 0 Å². The Balaban J connectivity index is 1.78. The lowest BCUT2D eigenvalue weighted by molar-refractivity contribution is -0.177. The van der Waals surface area contributed by atoms with Gasteiger partial charge < -0.3 is 10.1 Å². The molecular weight excluding hydrogens is 229 g/mol. The summed E-state index contributed by atoms with van der Waals surface area (Å²) in [5.74, 6) is 0.349. The number of ether oxygens (including phenoxy) is 1. The van der Waals surface area contributed by atoms with Crippen LogP contribution in [0.15, 0.2) is 24.3 Å². The summed E-state index contributed by atoms with van der Waals surface area (Å²) in [6, 6.07) is 7.20. The van der Waals surface area contributed by atoms with Crippen LogP contribution in [0.25, 0.3) is 0 Å². The maximum absolute atomic E-state index is 13.7. The van der Waals surface area contributed by atoms with Crippen molar-refractivity contribution in [3.63, 3.8) is 0 Å². The predicted octanol–water partition coefficient (Wildman–Crippen LogP) is 3.44. The van der Waals surface area contributed by atoms with E-state index < -0.39 is 0 Å². The summed E-state index contributed by atoms with van der Waals surface area (Å²) >= 11 is 0. The smallest absolute Gasteiger partial charge is 0.146 e. The van der Waals surface area contributed by atoms with Crippen LogP contribution in [0, 0.1) is 17.2 Å². The third-order valence-electron chi connectivity index (χ3n) is 4.52. The average Bonchev–Trinajstić information content (AvgIpc) is 2.38. The fraction of sp³-hybridized carbons (Fsp3) is 0.600. The quantitative estimate of drug-likeness (QED) is 0.867. The van der Waals surface area contributed by atoms with Gasteiger partial charge in [0.2, 0.25) is 0 Å². The van der Waals surface area contributed by atoms with Crippen molar-refractivity contribution in [2.75, 3.05) is 11.9 Å². The van der Waals surface area contributed by atoms with Gasteiger partial charge in [0.1, 0.15) is 5.82 Å². The minimum Gasteiger partial charge on any atom is -0.379 e. The highest BCUT2D eigenvalue weighted by molar-refractivity contribution is 5.47. The first-order valence-corrected chi connectivity index (χ1v) is 6.73. The molecule has 18 heavy (non-hydrogen) atoms. The number of halogens is 1. The minimum atomic E-state index is -0.173. The number of hydrogen-bond donors (Lipinski definition) is 1. The van der Waals surface area contributed by atoms with Crippen molar-refractivity contribution in [2.45, 2.75) is 38.8 Å². The van der Waals surface area contributed by atoms with E-state index in [2.05, 4.69) is 19.2 Å². The predicted molar refractivity (Wildman–Crippen MR) is 70.1 cm³/mol. The van der Waals surface area contributed by atoms with E-state index >= 15 is 0 Å². The first kappa shape index (κ1) is 12.0. The van der Waals surface area contributed by atoms with Gasteiger partial charge in [0.05, 0.1) is 11.8 Å². The lowest BCUT2D eigenvalue weighted by atomic mass is 9.55. The van der Waals surface area contributed by atoms with Gasteiger partial charge in [0.25, 0.3) is 0 Å². The zero-order chi connectivity index (χ0) is 12.8. The Morgan fingerprint density at radius 1 is 1.33 bits per heavy atom. The maximum atomic E-state index is 13.7. The summed E-state index contributed by atoms with van der Waals surface area (Å²) in [6.45, 7) is 5.28. The molecule has 2 aliphatic rings. The molecule has 0 spiro atoms. The summed E-state index contributed by atoms with van der Waals surface area (Å²) in [4.78, 5) is 0. The Kier molecular flexibility index (Phi) is 2.81. The standard InChI is InChI=1S/C15H20FNO/c1-15(2)13(10-6-5-9-18-14(10)15)17-12-8-4-3-7-11(12)16/h3-4,7-8,10,13-14,17H,5-6,9H2,1-2H3. The third-order valence-corrected chi connectivity index (χ3v) is 4.52. The molecule has 1 aromatic rings. The van der Waals surface area contributed by atoms with Crippen LogP contribution in [-0.2, 0) is 4.74 Å². The van der Waals surface area contributed by atoms with Crippen LogP contribution in [0.4, 0.5) is 10.1 Å². The van der Waals surface area contributed by atoms with Crippen molar-refractivity contribution < 1.29 is 9.13 Å². The Morgan fingerprint density at radius 2 is 2.11 bits per heavy atom. The Morgan fingerprint density at radius 3 is 2.89 bits per heavy atom. The molecule has 0 amide bonds. The topological polar surface area (TPSA) is 21.3 Å². The van der Waals surface area contributed by atoms with Crippen LogP contribution < -0.4 is 5.32 Å². The van der Waals surface area contributed by atoms with Crippen molar-refractivity contribution in [1.29, 1.82) is 0 Å². The van der Waals surface area contributed by atoms with Crippen molar-refractivity contribution in [3.05, 3.63) is 30.1 Å². The van der Waals surface area contributed by atoms with E-state index in [1.54, 1.807) is 6.07 Å². The van der Waals surface area contributed by atoms with Gasteiger partial charge in [-0.3, -0.25) is 0 Å². The summed E-state index contributed by atoms with van der Waals surface area (Å²) in [6.07, 6.45) is 2.63. The molecule has 98 valence electrons. The summed E-state index contributed by atoms with van der Waals surface area (Å²) in [5.41, 5.74) is 0.687. The number of hydrogen-bond acceptors (Lipinski definition) is 2. The molecular formula is C15H20FNO. The lowest BCUT2D eigenvalue weighted by Gasteiger charge is -2.60. The van der Waals surface area contributed by atoms with Crippen molar-refractivity contribution in [2.24, 2.45) is 11.3 Å². The van der Waals surface area contributed by atoms with Gasteiger partial charge in [-0.05, 0) is 25.0 Å². The molecule has 0 bridgehead atoms. The number of fused-ring (bicyclic) bond motifs is 1. The summed E-state index contributed by atoms with van der Waals surface area (Å²) < 4.78 is 19.5. The molecule has 3 unspecified atom stereocenters. The first-order chi connectivity index (χ1) is 8.60. The number of para-hydroxylation sites is 1. The second kappa shape index (κ2) is 4.23. The Bertz CT molecular complexity index is 446. The summed E-state index contributed by atoms with van der Waals surface area (Å²) in [5, 5.41) is 3.38. The molecule has 1 saturated heterocycles. The maximum Gasteiger partial charge on any atom is 0.146 e. The molecule has 2 nitrogen and oxygen atoms in total. The van der Waals surface area contributed by atoms with Gasteiger partial charge in [-0.15, -0.1) is 0 Å². The monoisotopic (exact) mass is 249 g/mol. The van der Waals surface area contributed by atoms with Crippen molar-refractivity contribution in [1.82, 2.24) is 0 Å². The zero-order valence-electron chi connectivity index (χ0n) is 10.9. The normalized spacial score (nSPS) is 33.4. The molecule has 3 rings (SSSR count). The van der Waals surface area contributed by atoms with Crippen LogP contribution in [0.5, 0.6) is 0 Å². The van der Waals surface area contributed by atoms with Gasteiger partial charge in [-0.1, -0.05) is 26.0 Å². The highest BCUT2D eigenvalue weighted by atomic mass is 19.1. The fourth-order valence-electron chi connectivity index (χ4n) is 3.56. The van der Waals surface area contributed by atoms with E-state index in [-0.39, 0.29) is 11.2 Å². The van der Waals surface area contributed by atoms with Crippen LogP contribution in [0.1, 0.15) is 26.7 Å². The van der Waals surface area contributed by atoms with E-state index in [4.69, 9.17) is 4.74 Å². The molecule has 1 aromatic carbocycles. The number of benzene rings is 1. The number of nitrogens with one attached hydrogen (secondary N) is 1. The molecule has 1 heterocycles. The van der Waals surface area contributed by atoms with Gasteiger partial charge in [0, 0.05) is 24.0 Å². The lowest BCUT2D eigenvalue weighted by Crippen LogP contribution is -2.67. The molecule has 2 fully saturated rings. The third kappa shape index (κ3) is 1.72. The molecule has 1 aliphatic heterocycles. The van der Waals surface area contributed by atoms with Gasteiger partial charge in [-0.25, -0.2) is 4.39 Å². The Labute approximate surface area is 108 Å². The van der Waals surface area contributed by atoms with Gasteiger partial charge in [-0.2, -0.15) is 0 Å². The average molecular weight is 249 g/mol. The fourth-order valence-corrected chi connectivity index (χ4v) is 3.56. The van der Waals surface area contributed by atoms with E-state index in [0.717, 1.165) is 13.0 Å². The minimum absolute atomic E-state index is 0.0768. The van der Waals surface area contributed by atoms with Gasteiger partial charge >= 0.3 is 0 Å². The van der Waals surface area contributed by atoms with Gasteiger partial charge in [0.15, 0.2) is 0 Å². The first-order valence-electron chi connectivity index (χ1n) is 6.73. The van der Waals surface area contributed by atoms with Crippen LogP contribution in [-0.4, -0.2) is 18.8 Å². The van der Waals surface area contributed by atoms with E-state index in [1.165, 1.54) is 12.5 Å². The molecule has 3 atom stereocenters. The molecule has 0 radical (unpaired) electrons. The van der Waals surface area contributed by atoms with E-state index in [1.807, 2.05) is 12.1 Å². The second-order valence-electron chi connectivity index (χ2n) is 6.02. The van der Waals surface area contributed by atoms with Crippen LogP contribution in [0.3, 0.4) is 0 Å². The number of rotatable bonds is 2. The second-order valence-corrected chi connectivity index (χ2v) is 6.02. The SMILES string of the molecule is CC1(C)C(Nc2ccccc2F)C2CCCOC21. The summed E-state index contributed by atoms with van der Waals surface area (Å²) in [7, 11) is 0. The number of anilines is 1. The molecule has 3 heteroatoms. The molecule has 0 aromatic heterocycles. The van der Waals surface area contributed by atoms with E-state index in [0.29, 0.717) is 23.8 Å². The highest BCUT2D eigenvalue weighted by Gasteiger charge is 2.57. The van der Waals surface area contributed by atoms with Crippen molar-refractivity contribution in [3.8, 4) is 0 Å². The molecule has 1 aliphatic carbocycles. The van der Waals surface area contributed by atoms with E-state index in [9.17, 15) is 4.39 Å². The highest BCUT2D eigenvalue weighted by Crippen LogP contribution is 2.52. The van der Waals surface area contributed by atoms with Crippen molar-refractivity contribution >= 4 is 5.69 Å².